The SMILES string of the molecule is Nc1c(Cl)c(Cl)nc(C(=O)OCC(=O)Nc2cccc(Cl)c2Cl)c1Cl. The van der Waals surface area contributed by atoms with Gasteiger partial charge in [-0.15, -0.1) is 0 Å². The lowest BCUT2D eigenvalue weighted by molar-refractivity contribution is -0.119. The Kier molecular flexibility index (Phi) is 6.59. The number of hydrogen-bond donors (Lipinski definition) is 2. The summed E-state index contributed by atoms with van der Waals surface area (Å²) in [6, 6.07) is 4.69. The van der Waals surface area contributed by atoms with Crippen LogP contribution in [0.25, 0.3) is 0 Å². The van der Waals surface area contributed by atoms with E-state index in [1.807, 2.05) is 0 Å². The van der Waals surface area contributed by atoms with Crippen molar-refractivity contribution in [3.63, 3.8) is 0 Å². The Morgan fingerprint density at radius 1 is 1.08 bits per heavy atom. The highest BCUT2D eigenvalue weighted by Crippen LogP contribution is 2.34. The van der Waals surface area contributed by atoms with Gasteiger partial charge in [0.1, 0.15) is 5.02 Å². The highest BCUT2D eigenvalue weighted by Gasteiger charge is 2.21. The van der Waals surface area contributed by atoms with Gasteiger partial charge in [-0.05, 0) is 12.1 Å². The van der Waals surface area contributed by atoms with E-state index in [9.17, 15) is 9.59 Å². The fourth-order valence-electron chi connectivity index (χ4n) is 1.65. The number of carbonyl (C=O) groups excluding carboxylic acids is 2. The molecule has 6 nitrogen and oxygen atoms in total. The first-order chi connectivity index (χ1) is 11.7. The number of anilines is 2. The summed E-state index contributed by atoms with van der Waals surface area (Å²) in [6.07, 6.45) is 0. The van der Waals surface area contributed by atoms with Crippen LogP contribution in [-0.2, 0) is 9.53 Å². The lowest BCUT2D eigenvalue weighted by atomic mass is 10.3. The molecule has 0 fully saturated rings. The zero-order chi connectivity index (χ0) is 18.7. The van der Waals surface area contributed by atoms with Crippen LogP contribution in [0.5, 0.6) is 0 Å². The summed E-state index contributed by atoms with van der Waals surface area (Å²) in [7, 11) is 0. The van der Waals surface area contributed by atoms with Gasteiger partial charge in [0.25, 0.3) is 5.91 Å². The van der Waals surface area contributed by atoms with Crippen LogP contribution in [0.15, 0.2) is 18.2 Å². The quantitative estimate of drug-likeness (QED) is 0.526. The van der Waals surface area contributed by atoms with Crippen molar-refractivity contribution in [2.75, 3.05) is 17.7 Å². The maximum Gasteiger partial charge on any atom is 0.359 e. The predicted octanol–water partition coefficient (Wildman–Crippen LogP) is 4.73. The van der Waals surface area contributed by atoms with Crippen LogP contribution in [0.2, 0.25) is 25.2 Å². The molecule has 0 saturated heterocycles. The largest absolute Gasteiger partial charge is 0.451 e. The van der Waals surface area contributed by atoms with Gasteiger partial charge in [0.05, 0.1) is 26.4 Å². The van der Waals surface area contributed by atoms with Crippen LogP contribution < -0.4 is 11.1 Å². The number of nitrogens with one attached hydrogen (secondary N) is 1. The van der Waals surface area contributed by atoms with Gasteiger partial charge in [0, 0.05) is 0 Å². The van der Waals surface area contributed by atoms with E-state index >= 15 is 0 Å². The number of amides is 1. The zero-order valence-corrected chi connectivity index (χ0v) is 15.9. The first kappa shape index (κ1) is 19.9. The molecule has 11 heteroatoms. The van der Waals surface area contributed by atoms with Gasteiger partial charge < -0.3 is 15.8 Å². The van der Waals surface area contributed by atoms with Crippen molar-refractivity contribution >= 4 is 81.3 Å². The molecule has 0 aliphatic rings. The molecule has 0 aliphatic carbocycles. The average molecular weight is 444 g/mol. The molecule has 0 unspecified atom stereocenters. The summed E-state index contributed by atoms with van der Waals surface area (Å²) >= 11 is 29.2. The lowest BCUT2D eigenvalue weighted by Gasteiger charge is -2.10. The summed E-state index contributed by atoms with van der Waals surface area (Å²) in [5, 5.41) is 2.34. The number of hydrogen-bond acceptors (Lipinski definition) is 5. The molecule has 0 spiro atoms. The second kappa shape index (κ2) is 8.29. The second-order valence-corrected chi connectivity index (χ2v) is 6.42. The van der Waals surface area contributed by atoms with Crippen LogP contribution in [0, 0.1) is 0 Å². The van der Waals surface area contributed by atoms with E-state index in [1.54, 1.807) is 12.1 Å². The Bertz CT molecular complexity index is 860. The molecule has 0 aliphatic heterocycles. The van der Waals surface area contributed by atoms with Crippen molar-refractivity contribution in [1.29, 1.82) is 0 Å². The molecule has 2 rings (SSSR count). The van der Waals surface area contributed by atoms with E-state index in [4.69, 9.17) is 68.5 Å². The highest BCUT2D eigenvalue weighted by molar-refractivity contribution is 6.46. The van der Waals surface area contributed by atoms with E-state index in [-0.39, 0.29) is 42.3 Å². The lowest BCUT2D eigenvalue weighted by Crippen LogP contribution is -2.22. The maximum absolute atomic E-state index is 12.0. The Morgan fingerprint density at radius 2 is 1.76 bits per heavy atom. The van der Waals surface area contributed by atoms with E-state index in [0.717, 1.165) is 0 Å². The number of pyridine rings is 1. The number of aromatic nitrogens is 1. The van der Waals surface area contributed by atoms with Gasteiger partial charge in [0.15, 0.2) is 17.5 Å². The van der Waals surface area contributed by atoms with Crippen molar-refractivity contribution in [2.24, 2.45) is 0 Å². The van der Waals surface area contributed by atoms with Crippen LogP contribution in [0.1, 0.15) is 10.5 Å². The summed E-state index contributed by atoms with van der Waals surface area (Å²) in [5.41, 5.74) is 5.40. The van der Waals surface area contributed by atoms with Crippen molar-refractivity contribution in [1.82, 2.24) is 4.98 Å². The fourth-order valence-corrected chi connectivity index (χ4v) is 2.59. The average Bonchev–Trinajstić information content (AvgIpc) is 2.58. The highest BCUT2D eigenvalue weighted by atomic mass is 35.5. The van der Waals surface area contributed by atoms with E-state index in [0.29, 0.717) is 0 Å². The molecule has 1 heterocycles. The first-order valence-electron chi connectivity index (χ1n) is 6.43. The van der Waals surface area contributed by atoms with E-state index in [1.165, 1.54) is 6.07 Å². The summed E-state index contributed by atoms with van der Waals surface area (Å²) in [5.74, 6) is -1.65. The van der Waals surface area contributed by atoms with Crippen LogP contribution in [0.4, 0.5) is 11.4 Å². The minimum Gasteiger partial charge on any atom is -0.451 e. The molecule has 1 aromatic carbocycles. The third kappa shape index (κ3) is 4.59. The number of carbonyl (C=O) groups is 2. The number of nitrogens with zero attached hydrogens (tertiary/aromatic N) is 1. The topological polar surface area (TPSA) is 94.3 Å². The molecule has 25 heavy (non-hydrogen) atoms. The molecule has 3 N–H and O–H groups in total. The van der Waals surface area contributed by atoms with Crippen molar-refractivity contribution < 1.29 is 14.3 Å². The van der Waals surface area contributed by atoms with Crippen LogP contribution in [0.3, 0.4) is 0 Å². The van der Waals surface area contributed by atoms with Gasteiger partial charge in [-0.2, -0.15) is 0 Å². The first-order valence-corrected chi connectivity index (χ1v) is 8.32. The molecule has 1 aromatic heterocycles. The maximum atomic E-state index is 12.0. The number of rotatable bonds is 4. The van der Waals surface area contributed by atoms with Crippen LogP contribution in [-0.4, -0.2) is 23.5 Å². The summed E-state index contributed by atoms with van der Waals surface area (Å²) in [6.45, 7) is -0.625. The number of nitrogen functional groups attached to an aromatic ring is 1. The summed E-state index contributed by atoms with van der Waals surface area (Å²) < 4.78 is 4.83. The molecule has 1 amide bonds. The molecule has 2 aromatic rings. The molecule has 132 valence electrons. The third-order valence-corrected chi connectivity index (χ3v) is 4.78. The Balaban J connectivity index is 2.05. The molecule has 0 radical (unpaired) electrons. The minimum absolute atomic E-state index is 0.0865. The number of esters is 1. The smallest absolute Gasteiger partial charge is 0.359 e. The zero-order valence-electron chi connectivity index (χ0n) is 12.1. The van der Waals surface area contributed by atoms with Gasteiger partial charge in [-0.25, -0.2) is 9.78 Å². The van der Waals surface area contributed by atoms with Gasteiger partial charge >= 0.3 is 5.97 Å². The van der Waals surface area contributed by atoms with Crippen molar-refractivity contribution in [2.45, 2.75) is 0 Å². The molecule has 0 atom stereocenters. The van der Waals surface area contributed by atoms with Crippen LogP contribution >= 0.6 is 58.0 Å². The van der Waals surface area contributed by atoms with Crippen molar-refractivity contribution in [3.8, 4) is 0 Å². The normalized spacial score (nSPS) is 10.4. The van der Waals surface area contributed by atoms with E-state index in [2.05, 4.69) is 10.3 Å². The standard InChI is InChI=1S/C14H8Cl5N3O3/c15-5-2-1-3-6(8(5)16)21-7(23)4-25-14(24)12-9(17)11(20)10(18)13(19)22-12/h1-3H,4H2,(H2,20,22)(H,21,23). The second-order valence-electron chi connectivity index (χ2n) is 4.52. The minimum atomic E-state index is -0.998. The number of nitrogens with two attached hydrogens (primary N) is 1. The van der Waals surface area contributed by atoms with Gasteiger partial charge in [-0.1, -0.05) is 64.1 Å². The summed E-state index contributed by atoms with van der Waals surface area (Å²) in [4.78, 5) is 27.6. The third-order valence-electron chi connectivity index (χ3n) is 2.83. The number of benzene rings is 1. The Hall–Kier alpha value is -1.44. The van der Waals surface area contributed by atoms with Gasteiger partial charge in [0.2, 0.25) is 0 Å². The fraction of sp³-hybridized carbons (Fsp3) is 0.0714. The molecular weight excluding hydrogens is 435 g/mol. The number of halogens is 5. The van der Waals surface area contributed by atoms with E-state index < -0.39 is 18.5 Å². The molecule has 0 saturated carbocycles. The van der Waals surface area contributed by atoms with Gasteiger partial charge in [-0.3, -0.25) is 4.79 Å². The Morgan fingerprint density at radius 3 is 2.44 bits per heavy atom. The van der Waals surface area contributed by atoms with Crippen molar-refractivity contribution in [3.05, 3.63) is 49.1 Å². The molecular formula is C14H8Cl5N3O3. The Labute approximate surface area is 167 Å². The monoisotopic (exact) mass is 441 g/mol. The molecule has 0 bridgehead atoms. The number of ether oxygens (including phenoxy) is 1. The predicted molar refractivity (Wildman–Crippen MR) is 99.1 cm³/mol.